The molecule has 0 aromatic carbocycles. The molecule has 1 aliphatic rings. The van der Waals surface area contributed by atoms with Crippen LogP contribution in [0, 0.1) is 5.92 Å². The van der Waals surface area contributed by atoms with Crippen LogP contribution < -0.4 is 10.5 Å². The van der Waals surface area contributed by atoms with Crippen LogP contribution in [0.25, 0.3) is 0 Å². The zero-order valence-corrected chi connectivity index (χ0v) is 13.4. The molecule has 19 heavy (non-hydrogen) atoms. The van der Waals surface area contributed by atoms with Gasteiger partial charge in [-0.25, -0.2) is 4.68 Å². The highest BCUT2D eigenvalue weighted by molar-refractivity contribution is 9.10. The van der Waals surface area contributed by atoms with E-state index >= 15 is 0 Å². The van der Waals surface area contributed by atoms with Gasteiger partial charge in [-0.3, -0.25) is 4.79 Å². The summed E-state index contributed by atoms with van der Waals surface area (Å²) in [6.07, 6.45) is 4.19. The van der Waals surface area contributed by atoms with Gasteiger partial charge in [0.15, 0.2) is 0 Å². The van der Waals surface area contributed by atoms with Crippen LogP contribution in [-0.4, -0.2) is 48.4 Å². The van der Waals surface area contributed by atoms with E-state index in [4.69, 9.17) is 0 Å². The number of aromatic nitrogens is 2. The van der Waals surface area contributed by atoms with Crippen molar-refractivity contribution in [3.8, 4) is 0 Å². The molecule has 1 aromatic rings. The Hall–Kier alpha value is -0.880. The van der Waals surface area contributed by atoms with Gasteiger partial charge in [0.2, 0.25) is 0 Å². The standard InChI is InChI=1S/C13H21BrN4O/c1-16-6-4-10(5-7-16)9-17(2)11-8-15-18(3)13(19)12(11)14/h8,10H,4-7,9H2,1-3H3. The fraction of sp³-hybridized carbons (Fsp3) is 0.692. The van der Waals surface area contributed by atoms with Crippen molar-refractivity contribution in [2.75, 3.05) is 38.6 Å². The normalized spacial score (nSPS) is 17.7. The Balaban J connectivity index is 2.06. The predicted molar refractivity (Wildman–Crippen MR) is 80.7 cm³/mol. The molecule has 106 valence electrons. The summed E-state index contributed by atoms with van der Waals surface area (Å²) in [5.41, 5.74) is 0.787. The molecule has 1 aliphatic heterocycles. The minimum atomic E-state index is -0.0901. The molecule has 1 saturated heterocycles. The van der Waals surface area contributed by atoms with Gasteiger partial charge in [0, 0.05) is 20.6 Å². The van der Waals surface area contributed by atoms with Crippen LogP contribution >= 0.6 is 15.9 Å². The summed E-state index contributed by atoms with van der Waals surface area (Å²) in [7, 11) is 5.86. The fourth-order valence-electron chi connectivity index (χ4n) is 2.50. The highest BCUT2D eigenvalue weighted by atomic mass is 79.9. The van der Waals surface area contributed by atoms with Crippen LogP contribution in [0.1, 0.15) is 12.8 Å². The zero-order valence-electron chi connectivity index (χ0n) is 11.8. The summed E-state index contributed by atoms with van der Waals surface area (Å²) in [6.45, 7) is 3.30. The third kappa shape index (κ3) is 3.36. The lowest BCUT2D eigenvalue weighted by Gasteiger charge is -2.32. The van der Waals surface area contributed by atoms with Crippen molar-refractivity contribution in [1.29, 1.82) is 0 Å². The topological polar surface area (TPSA) is 41.4 Å². The van der Waals surface area contributed by atoms with Crippen molar-refractivity contribution in [2.45, 2.75) is 12.8 Å². The second-order valence-electron chi connectivity index (χ2n) is 5.40. The van der Waals surface area contributed by atoms with E-state index in [9.17, 15) is 4.79 Å². The quantitative estimate of drug-likeness (QED) is 0.839. The van der Waals surface area contributed by atoms with Gasteiger partial charge in [0.25, 0.3) is 5.56 Å². The molecule has 1 aromatic heterocycles. The SMILES string of the molecule is CN1CCC(CN(C)c2cnn(C)c(=O)c2Br)CC1. The van der Waals surface area contributed by atoms with Gasteiger partial charge in [-0.1, -0.05) is 0 Å². The summed E-state index contributed by atoms with van der Waals surface area (Å²) < 4.78 is 1.94. The number of hydrogen-bond acceptors (Lipinski definition) is 4. The van der Waals surface area contributed by atoms with E-state index in [0.29, 0.717) is 10.4 Å². The fourth-order valence-corrected chi connectivity index (χ4v) is 3.16. The third-order valence-electron chi connectivity index (χ3n) is 3.84. The Morgan fingerprint density at radius 2 is 2.05 bits per heavy atom. The second-order valence-corrected chi connectivity index (χ2v) is 6.19. The van der Waals surface area contributed by atoms with E-state index in [1.54, 1.807) is 13.2 Å². The molecule has 5 nitrogen and oxygen atoms in total. The van der Waals surface area contributed by atoms with Crippen molar-refractivity contribution in [3.63, 3.8) is 0 Å². The minimum Gasteiger partial charge on any atom is -0.372 e. The molecule has 6 heteroatoms. The van der Waals surface area contributed by atoms with E-state index in [-0.39, 0.29) is 5.56 Å². The minimum absolute atomic E-state index is 0.0901. The molecule has 2 heterocycles. The molecular weight excluding hydrogens is 308 g/mol. The summed E-state index contributed by atoms with van der Waals surface area (Å²) in [4.78, 5) is 16.3. The molecule has 0 N–H and O–H groups in total. The van der Waals surface area contributed by atoms with Crippen LogP contribution in [0.3, 0.4) is 0 Å². The van der Waals surface area contributed by atoms with Crippen LogP contribution in [0.5, 0.6) is 0 Å². The molecule has 0 aliphatic carbocycles. The Morgan fingerprint density at radius 1 is 1.42 bits per heavy atom. The molecule has 1 fully saturated rings. The van der Waals surface area contributed by atoms with E-state index in [1.807, 2.05) is 7.05 Å². The van der Waals surface area contributed by atoms with Gasteiger partial charge in [-0.05, 0) is 54.8 Å². The first-order chi connectivity index (χ1) is 8.99. The molecule has 0 radical (unpaired) electrons. The van der Waals surface area contributed by atoms with E-state index in [2.05, 4.69) is 37.9 Å². The summed E-state index contributed by atoms with van der Waals surface area (Å²) in [5.74, 6) is 0.692. The smallest absolute Gasteiger partial charge is 0.282 e. The average Bonchev–Trinajstić information content (AvgIpc) is 2.39. The Kier molecular flexibility index (Phi) is 4.62. The van der Waals surface area contributed by atoms with Crippen LogP contribution in [0.2, 0.25) is 0 Å². The molecule has 2 rings (SSSR count). The lowest BCUT2D eigenvalue weighted by molar-refractivity contribution is 0.222. The highest BCUT2D eigenvalue weighted by Gasteiger charge is 2.20. The maximum atomic E-state index is 11.8. The van der Waals surface area contributed by atoms with Crippen molar-refractivity contribution < 1.29 is 0 Å². The summed E-state index contributed by atoms with van der Waals surface area (Å²) in [5, 5.41) is 4.09. The van der Waals surface area contributed by atoms with Crippen molar-refractivity contribution in [3.05, 3.63) is 21.0 Å². The first-order valence-electron chi connectivity index (χ1n) is 6.60. The maximum Gasteiger partial charge on any atom is 0.282 e. The largest absolute Gasteiger partial charge is 0.372 e. The Morgan fingerprint density at radius 3 is 2.68 bits per heavy atom. The van der Waals surface area contributed by atoms with Gasteiger partial charge < -0.3 is 9.80 Å². The van der Waals surface area contributed by atoms with Crippen molar-refractivity contribution >= 4 is 21.6 Å². The average molecular weight is 329 g/mol. The van der Waals surface area contributed by atoms with Gasteiger partial charge in [-0.2, -0.15) is 5.10 Å². The highest BCUT2D eigenvalue weighted by Crippen LogP contribution is 2.24. The monoisotopic (exact) mass is 328 g/mol. The van der Waals surface area contributed by atoms with E-state index < -0.39 is 0 Å². The van der Waals surface area contributed by atoms with Crippen LogP contribution in [0.4, 0.5) is 5.69 Å². The molecule has 0 amide bonds. The number of hydrogen-bond donors (Lipinski definition) is 0. The van der Waals surface area contributed by atoms with Gasteiger partial charge >= 0.3 is 0 Å². The van der Waals surface area contributed by atoms with Crippen LogP contribution in [0.15, 0.2) is 15.5 Å². The zero-order chi connectivity index (χ0) is 14.0. The second kappa shape index (κ2) is 6.05. The first-order valence-corrected chi connectivity index (χ1v) is 7.40. The molecular formula is C13H21BrN4O. The number of nitrogens with zero attached hydrogens (tertiary/aromatic N) is 4. The van der Waals surface area contributed by atoms with E-state index in [1.165, 1.54) is 17.5 Å². The summed E-state index contributed by atoms with van der Waals surface area (Å²) in [6, 6.07) is 0. The molecule has 0 bridgehead atoms. The predicted octanol–water partition coefficient (Wildman–Crippen LogP) is 1.32. The lowest BCUT2D eigenvalue weighted by atomic mass is 9.96. The molecule has 0 atom stereocenters. The number of aryl methyl sites for hydroxylation is 1. The summed E-state index contributed by atoms with van der Waals surface area (Å²) >= 11 is 3.38. The maximum absolute atomic E-state index is 11.8. The van der Waals surface area contributed by atoms with Crippen LogP contribution in [-0.2, 0) is 7.05 Å². The number of rotatable bonds is 3. The van der Waals surface area contributed by atoms with Gasteiger partial charge in [0.05, 0.1) is 11.9 Å². The Labute approximate surface area is 122 Å². The molecule has 0 saturated carbocycles. The number of piperidine rings is 1. The van der Waals surface area contributed by atoms with Crippen molar-refractivity contribution in [2.24, 2.45) is 13.0 Å². The number of halogens is 1. The molecule has 0 spiro atoms. The molecule has 0 unspecified atom stereocenters. The first kappa shape index (κ1) is 14.5. The van der Waals surface area contributed by atoms with Gasteiger partial charge in [0.1, 0.15) is 4.47 Å². The van der Waals surface area contributed by atoms with E-state index in [0.717, 1.165) is 25.3 Å². The number of likely N-dealkylation sites (tertiary alicyclic amines) is 1. The van der Waals surface area contributed by atoms with Crippen molar-refractivity contribution in [1.82, 2.24) is 14.7 Å². The number of anilines is 1. The Bertz CT molecular complexity index is 494. The van der Waals surface area contributed by atoms with Gasteiger partial charge in [-0.15, -0.1) is 0 Å². The lowest BCUT2D eigenvalue weighted by Crippen LogP contribution is -2.36. The third-order valence-corrected chi connectivity index (χ3v) is 4.59.